The number of hydrogen-bond donors (Lipinski definition) is 5. The van der Waals surface area contributed by atoms with Crippen molar-refractivity contribution in [2.24, 2.45) is 0 Å². The summed E-state index contributed by atoms with van der Waals surface area (Å²) in [5, 5.41) is 32.4. The molecule has 0 aliphatic carbocycles. The Bertz CT molecular complexity index is 1270. The number of piperidine rings is 1. The van der Waals surface area contributed by atoms with Gasteiger partial charge in [0.25, 0.3) is 0 Å². The van der Waals surface area contributed by atoms with E-state index in [4.69, 9.17) is 33.1 Å². The number of aliphatic hydroxyl groups is 1. The summed E-state index contributed by atoms with van der Waals surface area (Å²) in [6.07, 6.45) is 1.14. The Labute approximate surface area is 223 Å². The zero-order chi connectivity index (χ0) is 26.6. The molecule has 194 valence electrons. The van der Waals surface area contributed by atoms with Gasteiger partial charge < -0.3 is 20.3 Å². The Morgan fingerprint density at radius 2 is 1.62 bits per heavy atom. The van der Waals surface area contributed by atoms with Gasteiger partial charge in [-0.25, -0.2) is 5.48 Å². The molecule has 5 N–H and O–H groups in total. The largest absolute Gasteiger partial charge is 0.508 e. The number of halogens is 2. The third-order valence-electron chi connectivity index (χ3n) is 6.22. The van der Waals surface area contributed by atoms with Crippen LogP contribution in [0.4, 0.5) is 5.69 Å². The van der Waals surface area contributed by atoms with Crippen molar-refractivity contribution in [3.8, 4) is 17.2 Å². The number of anilines is 1. The SMILES string of the molecule is O=C(NO)C(=O)Nc1cc(Cl)c(Oc2ccc(O)c(CN3CCC(O)(c4ccccc4)CC3)c2)c(Cl)c1. The van der Waals surface area contributed by atoms with Gasteiger partial charge in [0, 0.05) is 30.9 Å². The van der Waals surface area contributed by atoms with Gasteiger partial charge in [0.05, 0.1) is 15.6 Å². The standard InChI is InChI=1S/C26H25Cl2N3O6/c27-20-13-18(29-24(33)25(34)30-36)14-21(28)23(20)37-19-6-7-22(32)16(12-19)15-31-10-8-26(35,9-11-31)17-4-2-1-3-5-17/h1-7,12-14,32,35-36H,8-11,15H2,(H,29,33)(H,30,34). The van der Waals surface area contributed by atoms with Crippen molar-refractivity contribution in [3.05, 3.63) is 81.8 Å². The number of rotatable bonds is 6. The summed E-state index contributed by atoms with van der Waals surface area (Å²) < 4.78 is 5.88. The molecule has 3 aromatic rings. The normalized spacial score (nSPS) is 15.1. The minimum absolute atomic E-state index is 0.0676. The first kappa shape index (κ1) is 26.7. The number of nitrogens with zero attached hydrogens (tertiary/aromatic N) is 1. The molecule has 9 nitrogen and oxygen atoms in total. The van der Waals surface area contributed by atoms with Crippen molar-refractivity contribution < 1.29 is 29.7 Å². The van der Waals surface area contributed by atoms with Crippen molar-refractivity contribution in [1.82, 2.24) is 10.4 Å². The maximum Gasteiger partial charge on any atom is 0.332 e. The molecule has 0 aromatic heterocycles. The van der Waals surface area contributed by atoms with Crippen molar-refractivity contribution >= 4 is 40.7 Å². The zero-order valence-corrected chi connectivity index (χ0v) is 21.1. The molecule has 37 heavy (non-hydrogen) atoms. The van der Waals surface area contributed by atoms with E-state index in [2.05, 4.69) is 10.2 Å². The van der Waals surface area contributed by atoms with Crippen molar-refractivity contribution in [2.45, 2.75) is 25.0 Å². The minimum atomic E-state index is -1.25. The third-order valence-corrected chi connectivity index (χ3v) is 6.78. The molecule has 0 spiro atoms. The lowest BCUT2D eigenvalue weighted by Gasteiger charge is -2.38. The van der Waals surface area contributed by atoms with Gasteiger partial charge in [0.1, 0.15) is 11.5 Å². The molecular formula is C26H25Cl2N3O6. The summed E-state index contributed by atoms with van der Waals surface area (Å²) in [5.74, 6) is -1.75. The van der Waals surface area contributed by atoms with E-state index in [1.165, 1.54) is 23.7 Å². The van der Waals surface area contributed by atoms with E-state index in [0.29, 0.717) is 43.8 Å². The molecule has 0 bridgehead atoms. The molecule has 4 rings (SSSR count). The fourth-order valence-corrected chi connectivity index (χ4v) is 4.76. The molecule has 2 amide bonds. The predicted octanol–water partition coefficient (Wildman–Crippen LogP) is 4.42. The number of phenolic OH excluding ortho intramolecular Hbond substituents is 1. The molecule has 1 aliphatic heterocycles. The Hall–Kier alpha value is -3.34. The van der Waals surface area contributed by atoms with Crippen molar-refractivity contribution in [3.63, 3.8) is 0 Å². The van der Waals surface area contributed by atoms with Crippen LogP contribution in [0.1, 0.15) is 24.0 Å². The number of aromatic hydroxyl groups is 1. The second kappa shape index (κ2) is 11.4. The highest BCUT2D eigenvalue weighted by molar-refractivity contribution is 6.40. The lowest BCUT2D eigenvalue weighted by atomic mass is 9.84. The molecule has 1 heterocycles. The summed E-state index contributed by atoms with van der Waals surface area (Å²) in [4.78, 5) is 25.0. The molecule has 1 saturated heterocycles. The van der Waals surface area contributed by atoms with Crippen LogP contribution in [0.25, 0.3) is 0 Å². The number of carbonyl (C=O) groups excluding carboxylic acids is 2. The van der Waals surface area contributed by atoms with Crippen LogP contribution in [0.2, 0.25) is 10.0 Å². The Morgan fingerprint density at radius 1 is 0.973 bits per heavy atom. The number of ether oxygens (including phenoxy) is 1. The van der Waals surface area contributed by atoms with Gasteiger partial charge in [-0.05, 0) is 48.7 Å². The monoisotopic (exact) mass is 545 g/mol. The average molecular weight is 546 g/mol. The van der Waals surface area contributed by atoms with Gasteiger partial charge in [0.2, 0.25) is 0 Å². The van der Waals surface area contributed by atoms with Gasteiger partial charge in [-0.1, -0.05) is 53.5 Å². The highest BCUT2D eigenvalue weighted by Crippen LogP contribution is 2.40. The van der Waals surface area contributed by atoms with Crippen LogP contribution in [0.15, 0.2) is 60.7 Å². The number of phenols is 1. The Kier molecular flexibility index (Phi) is 8.21. The van der Waals surface area contributed by atoms with Crippen LogP contribution < -0.4 is 15.5 Å². The first-order chi connectivity index (χ1) is 17.7. The van der Waals surface area contributed by atoms with Crippen molar-refractivity contribution in [1.29, 1.82) is 0 Å². The van der Waals surface area contributed by atoms with Gasteiger partial charge in [0.15, 0.2) is 5.75 Å². The highest BCUT2D eigenvalue weighted by Gasteiger charge is 2.34. The van der Waals surface area contributed by atoms with Gasteiger partial charge in [-0.3, -0.25) is 19.7 Å². The molecular weight excluding hydrogens is 521 g/mol. The summed E-state index contributed by atoms with van der Waals surface area (Å²) in [5.41, 5.74) is 2.03. The number of hydroxylamine groups is 1. The minimum Gasteiger partial charge on any atom is -0.508 e. The number of likely N-dealkylation sites (tertiary alicyclic amines) is 1. The maximum atomic E-state index is 11.6. The smallest absolute Gasteiger partial charge is 0.332 e. The van der Waals surface area contributed by atoms with Crippen LogP contribution in [0, 0.1) is 0 Å². The Balaban J connectivity index is 1.43. The number of amides is 2. The van der Waals surface area contributed by atoms with E-state index in [9.17, 15) is 19.8 Å². The third kappa shape index (κ3) is 6.33. The number of hydrogen-bond acceptors (Lipinski definition) is 7. The first-order valence-corrected chi connectivity index (χ1v) is 12.2. The molecule has 3 aromatic carbocycles. The molecule has 0 unspecified atom stereocenters. The fourth-order valence-electron chi connectivity index (χ4n) is 4.20. The molecule has 0 saturated carbocycles. The highest BCUT2D eigenvalue weighted by atomic mass is 35.5. The second-order valence-electron chi connectivity index (χ2n) is 8.73. The van der Waals surface area contributed by atoms with E-state index in [0.717, 1.165) is 5.56 Å². The summed E-state index contributed by atoms with van der Waals surface area (Å²) in [6.45, 7) is 1.75. The number of carbonyl (C=O) groups is 2. The molecule has 0 radical (unpaired) electrons. The maximum absolute atomic E-state index is 11.6. The van der Waals surface area contributed by atoms with E-state index in [1.807, 2.05) is 30.3 Å². The van der Waals surface area contributed by atoms with Crippen LogP contribution in [-0.4, -0.2) is 45.2 Å². The molecule has 11 heteroatoms. The van der Waals surface area contributed by atoms with Crippen molar-refractivity contribution in [2.75, 3.05) is 18.4 Å². The summed E-state index contributed by atoms with van der Waals surface area (Å²) in [6, 6.07) is 17.1. The van der Waals surface area contributed by atoms with Gasteiger partial charge in [-0.15, -0.1) is 0 Å². The lowest BCUT2D eigenvalue weighted by molar-refractivity contribution is -0.141. The first-order valence-electron chi connectivity index (χ1n) is 11.4. The van der Waals surface area contributed by atoms with Gasteiger partial charge >= 0.3 is 11.8 Å². The average Bonchev–Trinajstić information content (AvgIpc) is 2.89. The number of nitrogens with one attached hydrogen (secondary N) is 2. The predicted molar refractivity (Wildman–Crippen MR) is 138 cm³/mol. The van der Waals surface area contributed by atoms with Gasteiger partial charge in [-0.2, -0.15) is 0 Å². The van der Waals surface area contributed by atoms with E-state index in [1.54, 1.807) is 12.1 Å². The quantitative estimate of drug-likeness (QED) is 0.176. The molecule has 0 atom stereocenters. The van der Waals surface area contributed by atoms with Crippen LogP contribution in [0.3, 0.4) is 0 Å². The molecule has 1 aliphatic rings. The molecule has 1 fully saturated rings. The van der Waals surface area contributed by atoms with E-state index >= 15 is 0 Å². The Morgan fingerprint density at radius 3 is 2.24 bits per heavy atom. The summed E-state index contributed by atoms with van der Waals surface area (Å²) in [7, 11) is 0. The van der Waals surface area contributed by atoms with Crippen LogP contribution in [0.5, 0.6) is 17.2 Å². The lowest BCUT2D eigenvalue weighted by Crippen LogP contribution is -2.42. The second-order valence-corrected chi connectivity index (χ2v) is 9.54. The fraction of sp³-hybridized carbons (Fsp3) is 0.231. The van der Waals surface area contributed by atoms with Crippen LogP contribution >= 0.6 is 23.2 Å². The number of benzene rings is 3. The zero-order valence-electron chi connectivity index (χ0n) is 19.6. The topological polar surface area (TPSA) is 131 Å². The van der Waals surface area contributed by atoms with E-state index < -0.39 is 17.4 Å². The van der Waals surface area contributed by atoms with E-state index in [-0.39, 0.29) is 27.2 Å². The van der Waals surface area contributed by atoms with Crippen LogP contribution in [-0.2, 0) is 21.7 Å². The summed E-state index contributed by atoms with van der Waals surface area (Å²) >= 11 is 12.6.